The van der Waals surface area contributed by atoms with E-state index in [1.165, 1.54) is 18.5 Å². The molecule has 0 aliphatic carbocycles. The van der Waals surface area contributed by atoms with E-state index in [9.17, 15) is 0 Å². The second-order valence-corrected chi connectivity index (χ2v) is 6.17. The van der Waals surface area contributed by atoms with E-state index in [1.54, 1.807) is 0 Å². The van der Waals surface area contributed by atoms with Crippen LogP contribution in [0.2, 0.25) is 0 Å². The summed E-state index contributed by atoms with van der Waals surface area (Å²) in [7, 11) is 0. The van der Waals surface area contributed by atoms with Gasteiger partial charge in [0.15, 0.2) is 5.65 Å². The second-order valence-electron chi connectivity index (χ2n) is 5.90. The molecule has 2 aromatic rings. The third-order valence-electron chi connectivity index (χ3n) is 4.44. The highest BCUT2D eigenvalue weighted by Crippen LogP contribution is 2.29. The molecular formula is C16H23ClN4. The lowest BCUT2D eigenvalue weighted by atomic mass is 10.0. The molecule has 4 nitrogen and oxygen atoms in total. The van der Waals surface area contributed by atoms with E-state index in [0.717, 1.165) is 42.9 Å². The molecule has 1 fully saturated rings. The Hall–Kier alpha value is -1.13. The third-order valence-corrected chi connectivity index (χ3v) is 4.67. The van der Waals surface area contributed by atoms with Gasteiger partial charge in [0, 0.05) is 25.3 Å². The first-order valence-electron chi connectivity index (χ1n) is 7.85. The number of aromatic nitrogens is 3. The molecule has 114 valence electrons. The monoisotopic (exact) mass is 306 g/mol. The molecule has 21 heavy (non-hydrogen) atoms. The number of likely N-dealkylation sites (tertiary alicyclic amines) is 1. The minimum absolute atomic E-state index is 0.449. The molecule has 0 spiro atoms. The lowest BCUT2D eigenvalue weighted by Crippen LogP contribution is -2.35. The molecule has 1 aliphatic rings. The quantitative estimate of drug-likeness (QED) is 0.810. The van der Waals surface area contributed by atoms with E-state index in [4.69, 9.17) is 16.6 Å². The lowest BCUT2D eigenvalue weighted by Gasteiger charge is -2.33. The van der Waals surface area contributed by atoms with Gasteiger partial charge in [-0.3, -0.25) is 0 Å². The van der Waals surface area contributed by atoms with Crippen molar-refractivity contribution in [1.29, 1.82) is 0 Å². The summed E-state index contributed by atoms with van der Waals surface area (Å²) in [5.41, 5.74) is 3.18. The van der Waals surface area contributed by atoms with Crippen LogP contribution >= 0.6 is 11.6 Å². The smallest absolute Gasteiger partial charge is 0.160 e. The van der Waals surface area contributed by atoms with Crippen LogP contribution in [0, 0.1) is 6.92 Å². The van der Waals surface area contributed by atoms with Crippen LogP contribution < -0.4 is 0 Å². The summed E-state index contributed by atoms with van der Waals surface area (Å²) in [6.07, 6.45) is 5.42. The van der Waals surface area contributed by atoms with Crippen molar-refractivity contribution in [3.05, 3.63) is 23.7 Å². The van der Waals surface area contributed by atoms with Gasteiger partial charge in [-0.15, -0.1) is 11.6 Å². The van der Waals surface area contributed by atoms with Crippen LogP contribution in [-0.2, 0) is 5.88 Å². The Morgan fingerprint density at radius 2 is 2.10 bits per heavy atom. The van der Waals surface area contributed by atoms with Crippen LogP contribution in [-0.4, -0.2) is 39.1 Å². The molecule has 3 heterocycles. The Morgan fingerprint density at radius 1 is 1.33 bits per heavy atom. The van der Waals surface area contributed by atoms with Crippen molar-refractivity contribution in [2.24, 2.45) is 0 Å². The minimum atomic E-state index is 0.449. The van der Waals surface area contributed by atoms with E-state index < -0.39 is 0 Å². The first-order valence-corrected chi connectivity index (χ1v) is 8.38. The van der Waals surface area contributed by atoms with Gasteiger partial charge in [-0.05, 0) is 44.4 Å². The van der Waals surface area contributed by atoms with E-state index in [2.05, 4.69) is 28.3 Å². The van der Waals surface area contributed by atoms with Gasteiger partial charge in [0.25, 0.3) is 0 Å². The van der Waals surface area contributed by atoms with Gasteiger partial charge in [-0.1, -0.05) is 6.92 Å². The van der Waals surface area contributed by atoms with Gasteiger partial charge in [0.1, 0.15) is 11.3 Å². The predicted octanol–water partition coefficient (Wildman–Crippen LogP) is 3.53. The summed E-state index contributed by atoms with van der Waals surface area (Å²) in [4.78, 5) is 11.8. The average Bonchev–Trinajstić information content (AvgIpc) is 2.88. The van der Waals surface area contributed by atoms with Gasteiger partial charge in [-0.2, -0.15) is 0 Å². The number of hydrogen-bond donors (Lipinski definition) is 0. The maximum atomic E-state index is 6.13. The lowest BCUT2D eigenvalue weighted by molar-refractivity contribution is 0.187. The van der Waals surface area contributed by atoms with Gasteiger partial charge in [0.05, 0.1) is 5.88 Å². The zero-order chi connectivity index (χ0) is 14.8. The predicted molar refractivity (Wildman–Crippen MR) is 86.8 cm³/mol. The molecule has 5 heteroatoms. The number of pyridine rings is 1. The van der Waals surface area contributed by atoms with Crippen LogP contribution in [0.5, 0.6) is 0 Å². The van der Waals surface area contributed by atoms with Crippen LogP contribution in [0.4, 0.5) is 0 Å². The van der Waals surface area contributed by atoms with E-state index >= 15 is 0 Å². The summed E-state index contributed by atoms with van der Waals surface area (Å²) in [5, 5.41) is 0. The van der Waals surface area contributed by atoms with Crippen molar-refractivity contribution in [2.45, 2.75) is 45.0 Å². The van der Waals surface area contributed by atoms with Gasteiger partial charge in [-0.25, -0.2) is 9.97 Å². The summed E-state index contributed by atoms with van der Waals surface area (Å²) < 4.78 is 2.29. The maximum Gasteiger partial charge on any atom is 0.160 e. The number of piperidine rings is 1. The molecule has 0 radical (unpaired) electrons. The standard InChI is InChI=1S/C16H23ClN4/c1-3-8-20-9-5-13(6-10-20)21-14(11-17)19-15-12(2)4-7-18-16(15)21/h4,7,13H,3,5-6,8-11H2,1-2H3. The van der Waals surface area contributed by atoms with Gasteiger partial charge in [0.2, 0.25) is 0 Å². The number of fused-ring (bicyclic) bond motifs is 1. The van der Waals surface area contributed by atoms with Crippen LogP contribution in [0.15, 0.2) is 12.3 Å². The highest BCUT2D eigenvalue weighted by atomic mass is 35.5. The molecule has 0 saturated carbocycles. The van der Waals surface area contributed by atoms with Gasteiger partial charge >= 0.3 is 0 Å². The summed E-state index contributed by atoms with van der Waals surface area (Å²) in [5.74, 6) is 1.41. The Kier molecular flexibility index (Phi) is 4.45. The largest absolute Gasteiger partial charge is 0.308 e. The number of nitrogens with zero attached hydrogens (tertiary/aromatic N) is 4. The molecule has 1 saturated heterocycles. The Bertz CT molecular complexity index is 614. The Labute approximate surface area is 131 Å². The number of imidazole rings is 1. The molecule has 0 bridgehead atoms. The molecule has 0 N–H and O–H groups in total. The minimum Gasteiger partial charge on any atom is -0.308 e. The highest BCUT2D eigenvalue weighted by Gasteiger charge is 2.24. The fraction of sp³-hybridized carbons (Fsp3) is 0.625. The second kappa shape index (κ2) is 6.32. The molecule has 3 rings (SSSR count). The van der Waals surface area contributed by atoms with E-state index in [-0.39, 0.29) is 0 Å². The topological polar surface area (TPSA) is 34.0 Å². The number of halogens is 1. The number of alkyl halides is 1. The van der Waals surface area contributed by atoms with Gasteiger partial charge < -0.3 is 9.47 Å². The Balaban J connectivity index is 1.91. The molecular weight excluding hydrogens is 284 g/mol. The van der Waals surface area contributed by atoms with Crippen molar-refractivity contribution in [3.8, 4) is 0 Å². The molecule has 0 amide bonds. The van der Waals surface area contributed by atoms with Crippen LogP contribution in [0.25, 0.3) is 11.2 Å². The Morgan fingerprint density at radius 3 is 2.76 bits per heavy atom. The first-order chi connectivity index (χ1) is 10.2. The summed E-state index contributed by atoms with van der Waals surface area (Å²) in [6.45, 7) is 7.85. The number of rotatable bonds is 4. The highest BCUT2D eigenvalue weighted by molar-refractivity contribution is 6.16. The number of hydrogen-bond acceptors (Lipinski definition) is 3. The molecule has 0 atom stereocenters. The fourth-order valence-electron chi connectivity index (χ4n) is 3.35. The van der Waals surface area contributed by atoms with E-state index in [0.29, 0.717) is 11.9 Å². The first kappa shape index (κ1) is 14.8. The van der Waals surface area contributed by atoms with Crippen molar-refractivity contribution in [3.63, 3.8) is 0 Å². The molecule has 2 aromatic heterocycles. The van der Waals surface area contributed by atoms with Crippen molar-refractivity contribution in [1.82, 2.24) is 19.4 Å². The maximum absolute atomic E-state index is 6.13. The third kappa shape index (κ3) is 2.79. The van der Waals surface area contributed by atoms with Crippen LogP contribution in [0.3, 0.4) is 0 Å². The number of aryl methyl sites for hydroxylation is 1. The fourth-order valence-corrected chi connectivity index (χ4v) is 3.54. The molecule has 0 aromatic carbocycles. The zero-order valence-corrected chi connectivity index (χ0v) is 13.6. The molecule has 1 aliphatic heterocycles. The van der Waals surface area contributed by atoms with Crippen molar-refractivity contribution < 1.29 is 0 Å². The summed E-state index contributed by atoms with van der Waals surface area (Å²) in [6, 6.07) is 2.49. The zero-order valence-electron chi connectivity index (χ0n) is 12.8. The van der Waals surface area contributed by atoms with Crippen LogP contribution in [0.1, 0.15) is 43.6 Å². The van der Waals surface area contributed by atoms with Crippen molar-refractivity contribution >= 4 is 22.8 Å². The summed E-state index contributed by atoms with van der Waals surface area (Å²) >= 11 is 6.13. The normalized spacial score (nSPS) is 17.7. The molecule has 0 unspecified atom stereocenters. The SMILES string of the molecule is CCCN1CCC(n2c(CCl)nc3c(C)ccnc32)CC1. The average molecular weight is 307 g/mol. The van der Waals surface area contributed by atoms with Crippen molar-refractivity contribution in [2.75, 3.05) is 19.6 Å². The van der Waals surface area contributed by atoms with E-state index in [1.807, 2.05) is 12.3 Å².